The highest BCUT2D eigenvalue weighted by Gasteiger charge is 2.29. The standard InChI is InChI=1S/C19H19F2NO3/c1-22(12-13-5-4-6-14(11-13)25-19(20)21)18(23)16-9-10-24-17-8-3-2-7-15(16)17/h2-8,11,16,19H,9-10,12H2,1H3/t16-/m1/s1. The molecular formula is C19H19F2NO3. The zero-order chi connectivity index (χ0) is 17.8. The van der Waals surface area contributed by atoms with E-state index < -0.39 is 6.61 Å². The molecule has 1 amide bonds. The fraction of sp³-hybridized carbons (Fsp3) is 0.316. The van der Waals surface area contributed by atoms with Crippen molar-refractivity contribution in [3.8, 4) is 11.5 Å². The van der Waals surface area contributed by atoms with E-state index in [4.69, 9.17) is 4.74 Å². The van der Waals surface area contributed by atoms with Crippen molar-refractivity contribution in [3.63, 3.8) is 0 Å². The summed E-state index contributed by atoms with van der Waals surface area (Å²) in [6.45, 7) is -2.05. The molecule has 25 heavy (non-hydrogen) atoms. The molecule has 1 aliphatic rings. The largest absolute Gasteiger partial charge is 0.493 e. The number of carbonyl (C=O) groups is 1. The number of fused-ring (bicyclic) bond motifs is 1. The number of ether oxygens (including phenoxy) is 2. The molecule has 3 rings (SSSR count). The summed E-state index contributed by atoms with van der Waals surface area (Å²) >= 11 is 0. The number of hydrogen-bond donors (Lipinski definition) is 0. The predicted molar refractivity (Wildman–Crippen MR) is 88.8 cm³/mol. The molecular weight excluding hydrogens is 328 g/mol. The van der Waals surface area contributed by atoms with E-state index >= 15 is 0 Å². The van der Waals surface area contributed by atoms with Gasteiger partial charge >= 0.3 is 6.61 Å². The number of rotatable bonds is 5. The minimum Gasteiger partial charge on any atom is -0.493 e. The van der Waals surface area contributed by atoms with E-state index in [9.17, 15) is 13.6 Å². The minimum absolute atomic E-state index is 0.0177. The number of amides is 1. The first-order valence-electron chi connectivity index (χ1n) is 8.05. The Morgan fingerprint density at radius 2 is 2.08 bits per heavy atom. The van der Waals surface area contributed by atoms with Gasteiger partial charge in [0.2, 0.25) is 5.91 Å². The van der Waals surface area contributed by atoms with Gasteiger partial charge in [0, 0.05) is 19.2 Å². The minimum atomic E-state index is -2.87. The molecule has 1 heterocycles. The second-order valence-electron chi connectivity index (χ2n) is 5.95. The zero-order valence-electron chi connectivity index (χ0n) is 13.8. The number of para-hydroxylation sites is 1. The molecule has 0 unspecified atom stereocenters. The normalized spacial score (nSPS) is 16.1. The van der Waals surface area contributed by atoms with Gasteiger partial charge in [-0.15, -0.1) is 0 Å². The van der Waals surface area contributed by atoms with Crippen LogP contribution in [0.25, 0.3) is 0 Å². The van der Waals surface area contributed by atoms with Gasteiger partial charge in [0.25, 0.3) is 0 Å². The van der Waals surface area contributed by atoms with Crippen molar-refractivity contribution in [2.45, 2.75) is 25.5 Å². The number of hydrogen-bond acceptors (Lipinski definition) is 3. The van der Waals surface area contributed by atoms with Crippen LogP contribution in [-0.2, 0) is 11.3 Å². The van der Waals surface area contributed by atoms with Gasteiger partial charge in [-0.2, -0.15) is 8.78 Å². The third-order valence-electron chi connectivity index (χ3n) is 4.18. The Morgan fingerprint density at radius 1 is 1.28 bits per heavy atom. The average molecular weight is 347 g/mol. The molecule has 132 valence electrons. The summed E-state index contributed by atoms with van der Waals surface area (Å²) in [7, 11) is 1.71. The maximum Gasteiger partial charge on any atom is 0.387 e. The first-order valence-corrected chi connectivity index (χ1v) is 8.05. The van der Waals surface area contributed by atoms with Gasteiger partial charge in [0.15, 0.2) is 0 Å². The highest BCUT2D eigenvalue weighted by atomic mass is 19.3. The van der Waals surface area contributed by atoms with E-state index in [2.05, 4.69) is 4.74 Å². The maximum absolute atomic E-state index is 12.8. The predicted octanol–water partition coefficient (Wildman–Crippen LogP) is 3.81. The Morgan fingerprint density at radius 3 is 2.88 bits per heavy atom. The topological polar surface area (TPSA) is 38.8 Å². The molecule has 4 nitrogen and oxygen atoms in total. The van der Waals surface area contributed by atoms with E-state index in [1.54, 1.807) is 24.1 Å². The molecule has 2 aromatic carbocycles. The molecule has 0 fully saturated rings. The molecule has 0 bridgehead atoms. The molecule has 1 aliphatic heterocycles. The van der Waals surface area contributed by atoms with Crippen molar-refractivity contribution >= 4 is 5.91 Å². The van der Waals surface area contributed by atoms with Crippen LogP contribution in [0.2, 0.25) is 0 Å². The molecule has 2 aromatic rings. The smallest absolute Gasteiger partial charge is 0.387 e. The third kappa shape index (κ3) is 4.07. The average Bonchev–Trinajstić information content (AvgIpc) is 2.60. The fourth-order valence-electron chi connectivity index (χ4n) is 3.04. The Labute approximate surface area is 145 Å². The second kappa shape index (κ2) is 7.51. The summed E-state index contributed by atoms with van der Waals surface area (Å²) in [6, 6.07) is 13.9. The van der Waals surface area contributed by atoms with Crippen molar-refractivity contribution in [1.82, 2.24) is 4.90 Å². The monoisotopic (exact) mass is 347 g/mol. The summed E-state index contributed by atoms with van der Waals surface area (Å²) in [5.74, 6) is 0.559. The van der Waals surface area contributed by atoms with Crippen molar-refractivity contribution < 1.29 is 23.0 Å². The van der Waals surface area contributed by atoms with Crippen molar-refractivity contribution in [2.24, 2.45) is 0 Å². The van der Waals surface area contributed by atoms with Gasteiger partial charge in [0.1, 0.15) is 11.5 Å². The third-order valence-corrected chi connectivity index (χ3v) is 4.18. The number of halogens is 2. The van der Waals surface area contributed by atoms with Crippen LogP contribution in [0.15, 0.2) is 48.5 Å². The van der Waals surface area contributed by atoms with E-state index in [1.807, 2.05) is 24.3 Å². The Kier molecular flexibility index (Phi) is 5.16. The van der Waals surface area contributed by atoms with Crippen LogP contribution in [0, 0.1) is 0 Å². The lowest BCUT2D eigenvalue weighted by atomic mass is 9.92. The molecule has 0 saturated heterocycles. The van der Waals surface area contributed by atoms with Crippen molar-refractivity contribution in [1.29, 1.82) is 0 Å². The molecule has 6 heteroatoms. The van der Waals surface area contributed by atoms with Crippen molar-refractivity contribution in [2.75, 3.05) is 13.7 Å². The van der Waals surface area contributed by atoms with E-state index in [-0.39, 0.29) is 17.6 Å². The summed E-state index contributed by atoms with van der Waals surface area (Å²) in [5.41, 5.74) is 1.62. The molecule has 0 radical (unpaired) electrons. The van der Waals surface area contributed by atoms with Gasteiger partial charge in [-0.1, -0.05) is 30.3 Å². The van der Waals surface area contributed by atoms with Crippen molar-refractivity contribution in [3.05, 3.63) is 59.7 Å². The zero-order valence-corrected chi connectivity index (χ0v) is 13.8. The van der Waals surface area contributed by atoms with E-state index in [0.717, 1.165) is 16.9 Å². The number of carbonyl (C=O) groups excluding carboxylic acids is 1. The van der Waals surface area contributed by atoms with Crippen LogP contribution in [0.4, 0.5) is 8.78 Å². The van der Waals surface area contributed by atoms with Gasteiger partial charge in [0.05, 0.1) is 12.5 Å². The first-order chi connectivity index (χ1) is 12.0. The van der Waals surface area contributed by atoms with Gasteiger partial charge in [-0.3, -0.25) is 4.79 Å². The van der Waals surface area contributed by atoms with Crippen LogP contribution >= 0.6 is 0 Å². The maximum atomic E-state index is 12.8. The van der Waals surface area contributed by atoms with Crippen LogP contribution in [-0.4, -0.2) is 31.1 Å². The number of likely N-dealkylation sites (N-methyl/N-ethyl adjacent to an activating group) is 1. The number of benzene rings is 2. The molecule has 0 aromatic heterocycles. The lowest BCUT2D eigenvalue weighted by molar-refractivity contribution is -0.132. The summed E-state index contributed by atoms with van der Waals surface area (Å²) in [4.78, 5) is 14.5. The van der Waals surface area contributed by atoms with Gasteiger partial charge in [-0.05, 0) is 30.2 Å². The number of nitrogens with zero attached hydrogens (tertiary/aromatic N) is 1. The number of alkyl halides is 2. The van der Waals surface area contributed by atoms with Gasteiger partial charge in [-0.25, -0.2) is 0 Å². The second-order valence-corrected chi connectivity index (χ2v) is 5.95. The molecule has 0 spiro atoms. The molecule has 0 N–H and O–H groups in total. The van der Waals surface area contributed by atoms with Gasteiger partial charge < -0.3 is 14.4 Å². The summed E-state index contributed by atoms with van der Waals surface area (Å²) in [6.07, 6.45) is 0.620. The summed E-state index contributed by atoms with van der Waals surface area (Å²) in [5, 5.41) is 0. The quantitative estimate of drug-likeness (QED) is 0.825. The van der Waals surface area contributed by atoms with Crippen LogP contribution in [0.1, 0.15) is 23.5 Å². The Bertz CT molecular complexity index is 751. The van der Waals surface area contributed by atoms with Crippen LogP contribution in [0.3, 0.4) is 0 Å². The van der Waals surface area contributed by atoms with E-state index in [0.29, 0.717) is 19.6 Å². The Hall–Kier alpha value is -2.63. The Balaban J connectivity index is 1.72. The highest BCUT2D eigenvalue weighted by molar-refractivity contribution is 5.84. The van der Waals surface area contributed by atoms with Crippen LogP contribution in [0.5, 0.6) is 11.5 Å². The fourth-order valence-corrected chi connectivity index (χ4v) is 3.04. The van der Waals surface area contributed by atoms with E-state index in [1.165, 1.54) is 12.1 Å². The first kappa shape index (κ1) is 17.2. The lowest BCUT2D eigenvalue weighted by Gasteiger charge is -2.29. The van der Waals surface area contributed by atoms with Crippen LogP contribution < -0.4 is 9.47 Å². The summed E-state index contributed by atoms with van der Waals surface area (Å²) < 4.78 is 34.7. The highest BCUT2D eigenvalue weighted by Crippen LogP contribution is 2.34. The molecule has 1 atom stereocenters. The SMILES string of the molecule is CN(Cc1cccc(OC(F)F)c1)C(=O)[C@@H]1CCOc2ccccc21. The lowest BCUT2D eigenvalue weighted by Crippen LogP contribution is -2.33. The molecule has 0 saturated carbocycles. The molecule has 0 aliphatic carbocycles.